The lowest BCUT2D eigenvalue weighted by molar-refractivity contribution is -0.118. The second kappa shape index (κ2) is 9.31. The Morgan fingerprint density at radius 2 is 1.71 bits per heavy atom. The van der Waals surface area contributed by atoms with Crippen molar-refractivity contribution in [3.8, 4) is 11.8 Å². The lowest BCUT2D eigenvalue weighted by Gasteiger charge is -2.36. The van der Waals surface area contributed by atoms with Crippen LogP contribution in [-0.4, -0.2) is 55.8 Å². The van der Waals surface area contributed by atoms with Gasteiger partial charge in [0.25, 0.3) is 5.91 Å². The minimum atomic E-state index is -0.882. The topological polar surface area (TPSA) is 94.5 Å². The highest BCUT2D eigenvalue weighted by Crippen LogP contribution is 2.45. The molecule has 1 aliphatic heterocycles. The molecule has 3 rings (SSSR count). The van der Waals surface area contributed by atoms with Crippen LogP contribution in [0.25, 0.3) is 0 Å². The first-order valence-corrected chi connectivity index (χ1v) is 12.8. The van der Waals surface area contributed by atoms with E-state index < -0.39 is 16.1 Å². The SMILES string of the molecule is COc1ccc(C(NC(=O)N2CC(C#N)C2)C(=O)Nc2ccc(S(C)(C)C)cc2)cc1. The number of nitriles is 1. The molecule has 164 valence electrons. The van der Waals surface area contributed by atoms with Crippen molar-refractivity contribution in [2.75, 3.05) is 44.3 Å². The van der Waals surface area contributed by atoms with Crippen molar-refractivity contribution in [3.05, 3.63) is 54.1 Å². The maximum absolute atomic E-state index is 13.1. The van der Waals surface area contributed by atoms with Gasteiger partial charge in [-0.25, -0.2) is 14.8 Å². The molecular weight excluding hydrogens is 412 g/mol. The highest BCUT2D eigenvalue weighted by atomic mass is 32.3. The van der Waals surface area contributed by atoms with Gasteiger partial charge in [-0.2, -0.15) is 5.26 Å². The van der Waals surface area contributed by atoms with Crippen LogP contribution in [0.3, 0.4) is 0 Å². The van der Waals surface area contributed by atoms with Crippen LogP contribution in [0, 0.1) is 17.2 Å². The van der Waals surface area contributed by atoms with Crippen molar-refractivity contribution in [2.24, 2.45) is 5.92 Å². The van der Waals surface area contributed by atoms with Crippen molar-refractivity contribution >= 4 is 27.7 Å². The fourth-order valence-electron chi connectivity index (χ4n) is 3.20. The second-order valence-electron chi connectivity index (χ2n) is 8.24. The first-order valence-electron chi connectivity index (χ1n) is 9.89. The zero-order valence-corrected chi connectivity index (χ0v) is 19.0. The molecule has 7 nitrogen and oxygen atoms in total. The fourth-order valence-corrected chi connectivity index (χ4v) is 4.15. The number of urea groups is 1. The van der Waals surface area contributed by atoms with Crippen molar-refractivity contribution in [3.63, 3.8) is 0 Å². The number of benzene rings is 2. The maximum atomic E-state index is 13.1. The lowest BCUT2D eigenvalue weighted by Crippen LogP contribution is -2.54. The van der Waals surface area contributed by atoms with Crippen LogP contribution in [-0.2, 0) is 4.79 Å². The Bertz CT molecular complexity index is 972. The minimum Gasteiger partial charge on any atom is -0.497 e. The summed E-state index contributed by atoms with van der Waals surface area (Å²) in [7, 11) is 0.716. The average molecular weight is 441 g/mol. The summed E-state index contributed by atoms with van der Waals surface area (Å²) in [5, 5.41) is 14.6. The molecule has 0 radical (unpaired) electrons. The fraction of sp³-hybridized carbons (Fsp3) is 0.348. The molecule has 0 saturated carbocycles. The van der Waals surface area contributed by atoms with E-state index in [1.165, 1.54) is 9.80 Å². The van der Waals surface area contributed by atoms with E-state index in [0.717, 1.165) is 0 Å². The van der Waals surface area contributed by atoms with E-state index in [9.17, 15) is 9.59 Å². The molecule has 1 unspecified atom stereocenters. The van der Waals surface area contributed by atoms with E-state index >= 15 is 0 Å². The number of nitrogens with zero attached hydrogens (tertiary/aromatic N) is 2. The lowest BCUT2D eigenvalue weighted by atomic mass is 10.0. The van der Waals surface area contributed by atoms with E-state index in [-0.39, 0.29) is 17.9 Å². The summed E-state index contributed by atoms with van der Waals surface area (Å²) in [4.78, 5) is 28.5. The third kappa shape index (κ3) is 5.50. The molecule has 3 amide bonds. The number of carbonyl (C=O) groups excluding carboxylic acids is 2. The van der Waals surface area contributed by atoms with E-state index in [1.807, 2.05) is 24.3 Å². The Morgan fingerprint density at radius 3 is 2.23 bits per heavy atom. The predicted molar refractivity (Wildman–Crippen MR) is 124 cm³/mol. The third-order valence-electron chi connectivity index (χ3n) is 5.16. The summed E-state index contributed by atoms with van der Waals surface area (Å²) in [5.74, 6) is 0.170. The Morgan fingerprint density at radius 1 is 1.10 bits per heavy atom. The highest BCUT2D eigenvalue weighted by molar-refractivity contribution is 8.32. The number of rotatable bonds is 6. The molecule has 1 saturated heterocycles. The van der Waals surface area contributed by atoms with Gasteiger partial charge in [0, 0.05) is 18.8 Å². The number of hydrogen-bond acceptors (Lipinski definition) is 4. The molecule has 31 heavy (non-hydrogen) atoms. The number of nitrogens with one attached hydrogen (secondary N) is 2. The first kappa shape index (κ1) is 22.5. The third-order valence-corrected chi connectivity index (χ3v) is 6.85. The molecule has 2 aromatic rings. The van der Waals surface area contributed by atoms with Gasteiger partial charge in [-0.1, -0.05) is 12.1 Å². The maximum Gasteiger partial charge on any atom is 0.318 e. The Hall–Kier alpha value is -3.18. The average Bonchev–Trinajstić information content (AvgIpc) is 2.71. The summed E-state index contributed by atoms with van der Waals surface area (Å²) in [6, 6.07) is 15.7. The number of carbonyl (C=O) groups is 2. The zero-order chi connectivity index (χ0) is 22.6. The van der Waals surface area contributed by atoms with Gasteiger partial charge < -0.3 is 20.3 Å². The molecule has 2 N–H and O–H groups in total. The molecule has 1 fully saturated rings. The molecule has 1 atom stereocenters. The summed E-state index contributed by atoms with van der Waals surface area (Å²) in [6.45, 7) is 0.742. The molecule has 2 aromatic carbocycles. The second-order valence-corrected chi connectivity index (χ2v) is 12.4. The van der Waals surface area contributed by atoms with E-state index in [4.69, 9.17) is 10.00 Å². The number of methoxy groups -OCH3 is 1. The van der Waals surface area contributed by atoms with Crippen LogP contribution in [0.2, 0.25) is 0 Å². The predicted octanol–water partition coefficient (Wildman–Crippen LogP) is 3.59. The van der Waals surface area contributed by atoms with Crippen molar-refractivity contribution in [1.82, 2.24) is 10.2 Å². The van der Waals surface area contributed by atoms with E-state index in [1.54, 1.807) is 31.4 Å². The first-order chi connectivity index (χ1) is 14.7. The van der Waals surface area contributed by atoms with Gasteiger partial charge in [-0.05, 0) is 65.6 Å². The van der Waals surface area contributed by atoms with Gasteiger partial charge >= 0.3 is 6.03 Å². The number of ether oxygens (including phenoxy) is 1. The summed E-state index contributed by atoms with van der Waals surface area (Å²) in [5.41, 5.74) is 1.30. The van der Waals surface area contributed by atoms with Gasteiger partial charge in [0.2, 0.25) is 0 Å². The standard InChI is InChI=1S/C23H28N4O3S/c1-30-19-9-5-17(6-10-19)21(26-23(29)27-14-16(13-24)15-27)22(28)25-18-7-11-20(12-8-18)31(2,3)4/h5-12,16,21H,14-15H2,1-4H3,(H,25,28)(H,26,29). The van der Waals surface area contributed by atoms with Gasteiger partial charge in [0.1, 0.15) is 11.8 Å². The molecule has 1 aliphatic rings. The molecular formula is C23H28N4O3S. The van der Waals surface area contributed by atoms with Gasteiger partial charge in [0.05, 0.1) is 19.1 Å². The molecule has 8 heteroatoms. The van der Waals surface area contributed by atoms with Crippen molar-refractivity contribution in [2.45, 2.75) is 10.9 Å². The Labute approximate surface area is 184 Å². The quantitative estimate of drug-likeness (QED) is 0.718. The van der Waals surface area contributed by atoms with Gasteiger partial charge in [-0.3, -0.25) is 4.79 Å². The summed E-state index contributed by atoms with van der Waals surface area (Å²) < 4.78 is 5.19. The molecule has 0 spiro atoms. The van der Waals surface area contributed by atoms with Crippen LogP contribution in [0.5, 0.6) is 5.75 Å². The Kier molecular flexibility index (Phi) is 6.76. The van der Waals surface area contributed by atoms with Crippen molar-refractivity contribution < 1.29 is 14.3 Å². The van der Waals surface area contributed by atoms with Crippen LogP contribution < -0.4 is 15.4 Å². The number of hydrogen-bond donors (Lipinski definition) is 2. The van der Waals surface area contributed by atoms with E-state index in [0.29, 0.717) is 30.1 Å². The number of amides is 3. The van der Waals surface area contributed by atoms with E-state index in [2.05, 4.69) is 35.5 Å². The smallest absolute Gasteiger partial charge is 0.318 e. The number of anilines is 1. The van der Waals surface area contributed by atoms with Crippen LogP contribution >= 0.6 is 10.0 Å². The minimum absolute atomic E-state index is 0.150. The van der Waals surface area contributed by atoms with Gasteiger partial charge in [0.15, 0.2) is 0 Å². The van der Waals surface area contributed by atoms with Gasteiger partial charge in [-0.15, -0.1) is 0 Å². The van der Waals surface area contributed by atoms with Crippen LogP contribution in [0.1, 0.15) is 11.6 Å². The van der Waals surface area contributed by atoms with Crippen LogP contribution in [0.4, 0.5) is 10.5 Å². The highest BCUT2D eigenvalue weighted by Gasteiger charge is 2.33. The normalized spacial score (nSPS) is 15.3. The zero-order valence-electron chi connectivity index (χ0n) is 18.2. The largest absolute Gasteiger partial charge is 0.497 e. The molecule has 1 heterocycles. The number of likely N-dealkylation sites (tertiary alicyclic amines) is 1. The molecule has 0 aromatic heterocycles. The molecule has 0 bridgehead atoms. The molecule has 0 aliphatic carbocycles. The summed E-state index contributed by atoms with van der Waals surface area (Å²) in [6.07, 6.45) is 6.63. The Balaban J connectivity index is 1.77. The van der Waals surface area contributed by atoms with Crippen LogP contribution in [0.15, 0.2) is 53.4 Å². The summed E-state index contributed by atoms with van der Waals surface area (Å²) >= 11 is 0. The van der Waals surface area contributed by atoms with Crippen molar-refractivity contribution in [1.29, 1.82) is 5.26 Å². The monoisotopic (exact) mass is 440 g/mol.